The van der Waals surface area contributed by atoms with Gasteiger partial charge in [0.1, 0.15) is 0 Å². The number of hydrogen-bond donors (Lipinski definition) is 1. The van der Waals surface area contributed by atoms with Crippen LogP contribution in [0.3, 0.4) is 0 Å². The van der Waals surface area contributed by atoms with Crippen LogP contribution in [-0.2, 0) is 21.4 Å². The van der Waals surface area contributed by atoms with Gasteiger partial charge in [-0.05, 0) is 67.3 Å². The number of carbonyl (C=O) groups is 1. The monoisotopic (exact) mass is 560 g/mol. The van der Waals surface area contributed by atoms with Crippen LogP contribution in [-0.4, -0.2) is 45.5 Å². The topological polar surface area (TPSA) is 82.1 Å². The quantitative estimate of drug-likeness (QED) is 0.283. The van der Waals surface area contributed by atoms with Gasteiger partial charge in [-0.15, -0.1) is 0 Å². The maximum atomic E-state index is 13.8. The van der Waals surface area contributed by atoms with Crippen molar-refractivity contribution in [2.75, 3.05) is 25.5 Å². The second kappa shape index (κ2) is 12.1. The zero-order valence-electron chi connectivity index (χ0n) is 21.4. The molecule has 0 saturated heterocycles. The van der Waals surface area contributed by atoms with E-state index in [1.54, 1.807) is 32.0 Å². The number of hydrogen-bond acceptors (Lipinski definition) is 5. The first-order valence-electron chi connectivity index (χ1n) is 11.5. The van der Waals surface area contributed by atoms with Crippen molar-refractivity contribution in [3.63, 3.8) is 0 Å². The number of amides is 1. The SMILES string of the molecule is Cc1cc(C)c(S(=O)(=O)N(CC(=O)N/N=C/c2ccc(N(C)C)cc2)Cc2ccc(Cl)c(Cl)c2)c(C)c1. The molecule has 0 bridgehead atoms. The largest absolute Gasteiger partial charge is 0.378 e. The molecule has 0 unspecified atom stereocenters. The summed E-state index contributed by atoms with van der Waals surface area (Å²) in [5.41, 5.74) is 7.02. The highest BCUT2D eigenvalue weighted by Crippen LogP contribution is 2.28. The molecule has 0 radical (unpaired) electrons. The van der Waals surface area contributed by atoms with E-state index in [-0.39, 0.29) is 11.4 Å². The van der Waals surface area contributed by atoms with Gasteiger partial charge >= 0.3 is 0 Å². The summed E-state index contributed by atoms with van der Waals surface area (Å²) in [6.07, 6.45) is 1.50. The molecular weight excluding hydrogens is 531 g/mol. The third kappa shape index (κ3) is 7.32. The Balaban J connectivity index is 1.86. The van der Waals surface area contributed by atoms with Crippen LogP contribution in [0.5, 0.6) is 0 Å². The third-order valence-electron chi connectivity index (χ3n) is 5.68. The van der Waals surface area contributed by atoms with E-state index in [1.807, 2.05) is 62.3 Å². The van der Waals surface area contributed by atoms with Crippen molar-refractivity contribution in [2.45, 2.75) is 32.2 Å². The van der Waals surface area contributed by atoms with Crippen molar-refractivity contribution in [1.82, 2.24) is 9.73 Å². The maximum Gasteiger partial charge on any atom is 0.255 e. The predicted molar refractivity (Wildman–Crippen MR) is 151 cm³/mol. The standard InChI is InChI=1S/C27H30Cl2N4O3S/c1-18-12-19(2)27(20(3)13-18)37(35,36)33(16-22-8-11-24(28)25(29)14-22)17-26(34)31-30-15-21-6-9-23(10-7-21)32(4)5/h6-15H,16-17H2,1-5H3,(H,31,34)/b30-15+. The summed E-state index contributed by atoms with van der Waals surface area (Å²) in [6, 6.07) is 16.1. The smallest absolute Gasteiger partial charge is 0.255 e. The number of halogens is 2. The van der Waals surface area contributed by atoms with Crippen molar-refractivity contribution < 1.29 is 13.2 Å². The Labute approximate surface area is 228 Å². The Kier molecular flexibility index (Phi) is 9.36. The average molecular weight is 562 g/mol. The van der Waals surface area contributed by atoms with Crippen LogP contribution < -0.4 is 10.3 Å². The van der Waals surface area contributed by atoms with E-state index in [0.717, 1.165) is 21.1 Å². The summed E-state index contributed by atoms with van der Waals surface area (Å²) in [5, 5.41) is 4.66. The van der Waals surface area contributed by atoms with Gasteiger partial charge in [0, 0.05) is 26.3 Å². The number of anilines is 1. The molecule has 1 N–H and O–H groups in total. The Morgan fingerprint density at radius 3 is 2.14 bits per heavy atom. The molecule has 3 aromatic rings. The summed E-state index contributed by atoms with van der Waals surface area (Å²) >= 11 is 12.2. The number of nitrogens with one attached hydrogen (secondary N) is 1. The molecule has 37 heavy (non-hydrogen) atoms. The fourth-order valence-electron chi connectivity index (χ4n) is 4.00. The summed E-state index contributed by atoms with van der Waals surface area (Å²) in [4.78, 5) is 15.0. The van der Waals surface area contributed by atoms with Crippen LogP contribution in [0.4, 0.5) is 5.69 Å². The van der Waals surface area contributed by atoms with Crippen LogP contribution in [0.25, 0.3) is 0 Å². The zero-order valence-corrected chi connectivity index (χ0v) is 23.7. The molecule has 1 amide bonds. The molecule has 0 heterocycles. The normalized spacial score (nSPS) is 11.8. The van der Waals surface area contributed by atoms with E-state index in [2.05, 4.69) is 10.5 Å². The minimum absolute atomic E-state index is 0.0743. The van der Waals surface area contributed by atoms with Gasteiger partial charge in [0.15, 0.2) is 0 Å². The van der Waals surface area contributed by atoms with E-state index >= 15 is 0 Å². The minimum atomic E-state index is -4.05. The molecule has 0 aliphatic carbocycles. The zero-order chi connectivity index (χ0) is 27.3. The van der Waals surface area contributed by atoms with Crippen molar-refractivity contribution in [1.29, 1.82) is 0 Å². The molecule has 0 atom stereocenters. The third-order valence-corrected chi connectivity index (χ3v) is 8.51. The van der Waals surface area contributed by atoms with Crippen LogP contribution >= 0.6 is 23.2 Å². The molecular formula is C27H30Cl2N4O3S. The van der Waals surface area contributed by atoms with Crippen LogP contribution in [0.1, 0.15) is 27.8 Å². The van der Waals surface area contributed by atoms with Crippen LogP contribution in [0.2, 0.25) is 10.0 Å². The lowest BCUT2D eigenvalue weighted by Gasteiger charge is -2.24. The fraction of sp³-hybridized carbons (Fsp3) is 0.259. The number of hydrazone groups is 1. The summed E-state index contributed by atoms with van der Waals surface area (Å²) in [5.74, 6) is -0.577. The van der Waals surface area contributed by atoms with Crippen molar-refractivity contribution in [3.05, 3.63) is 92.5 Å². The second-order valence-electron chi connectivity index (χ2n) is 9.03. The van der Waals surface area contributed by atoms with E-state index in [0.29, 0.717) is 26.7 Å². The van der Waals surface area contributed by atoms with Crippen LogP contribution in [0, 0.1) is 20.8 Å². The van der Waals surface area contributed by atoms with Crippen molar-refractivity contribution in [2.24, 2.45) is 5.10 Å². The predicted octanol–water partition coefficient (Wildman–Crippen LogP) is 5.33. The van der Waals surface area contributed by atoms with Gasteiger partial charge < -0.3 is 4.90 Å². The van der Waals surface area contributed by atoms with Crippen LogP contribution in [0.15, 0.2) is 64.6 Å². The average Bonchev–Trinajstić information content (AvgIpc) is 2.80. The lowest BCUT2D eigenvalue weighted by atomic mass is 10.1. The number of sulfonamides is 1. The molecule has 0 saturated carbocycles. The first kappa shape index (κ1) is 28.7. The van der Waals surface area contributed by atoms with Gasteiger partial charge in [-0.25, -0.2) is 13.8 Å². The number of carbonyl (C=O) groups excluding carboxylic acids is 1. The number of aryl methyl sites for hydroxylation is 3. The lowest BCUT2D eigenvalue weighted by Crippen LogP contribution is -2.39. The van der Waals surface area contributed by atoms with Crippen molar-refractivity contribution >= 4 is 51.0 Å². The van der Waals surface area contributed by atoms with Gasteiger partial charge in [0.25, 0.3) is 5.91 Å². The highest BCUT2D eigenvalue weighted by atomic mass is 35.5. The Morgan fingerprint density at radius 1 is 0.946 bits per heavy atom. The fourth-order valence-corrected chi connectivity index (χ4v) is 6.12. The lowest BCUT2D eigenvalue weighted by molar-refractivity contribution is -0.121. The molecule has 0 aromatic heterocycles. The van der Waals surface area contributed by atoms with Crippen molar-refractivity contribution in [3.8, 4) is 0 Å². The molecule has 0 aliphatic heterocycles. The Morgan fingerprint density at radius 2 is 1.57 bits per heavy atom. The molecule has 0 spiro atoms. The second-order valence-corrected chi connectivity index (χ2v) is 11.7. The number of nitrogens with zero attached hydrogens (tertiary/aromatic N) is 3. The van der Waals surface area contributed by atoms with Gasteiger partial charge in [-0.1, -0.05) is 59.1 Å². The van der Waals surface area contributed by atoms with Gasteiger partial charge in [0.05, 0.1) is 27.7 Å². The van der Waals surface area contributed by atoms with E-state index in [1.165, 1.54) is 6.21 Å². The Bertz CT molecular complexity index is 1400. The number of benzene rings is 3. The first-order valence-corrected chi connectivity index (χ1v) is 13.7. The van der Waals surface area contributed by atoms with E-state index in [4.69, 9.17) is 23.2 Å². The van der Waals surface area contributed by atoms with Gasteiger partial charge in [0.2, 0.25) is 10.0 Å². The summed E-state index contributed by atoms with van der Waals surface area (Å²) in [7, 11) is -0.155. The molecule has 3 rings (SSSR count). The summed E-state index contributed by atoms with van der Waals surface area (Å²) < 4.78 is 28.7. The minimum Gasteiger partial charge on any atom is -0.378 e. The first-order chi connectivity index (χ1) is 17.4. The molecule has 7 nitrogen and oxygen atoms in total. The molecule has 196 valence electrons. The summed E-state index contributed by atoms with van der Waals surface area (Å²) in [6.45, 7) is 4.89. The highest BCUT2D eigenvalue weighted by molar-refractivity contribution is 7.89. The van der Waals surface area contributed by atoms with E-state index in [9.17, 15) is 13.2 Å². The molecule has 10 heteroatoms. The van der Waals surface area contributed by atoms with Gasteiger partial charge in [-0.3, -0.25) is 4.79 Å². The molecule has 3 aromatic carbocycles. The molecule has 0 aliphatic rings. The molecule has 0 fully saturated rings. The highest BCUT2D eigenvalue weighted by Gasteiger charge is 2.30. The maximum absolute atomic E-state index is 13.8. The Hall–Kier alpha value is -2.91. The van der Waals surface area contributed by atoms with Gasteiger partial charge in [-0.2, -0.15) is 9.41 Å². The van der Waals surface area contributed by atoms with E-state index < -0.39 is 22.5 Å². The number of rotatable bonds is 9.